The van der Waals surface area contributed by atoms with E-state index in [2.05, 4.69) is 11.3 Å². The van der Waals surface area contributed by atoms with Crippen molar-refractivity contribution in [3.63, 3.8) is 0 Å². The molecule has 78 valence electrons. The summed E-state index contributed by atoms with van der Waals surface area (Å²) in [7, 11) is 1.94. The number of aryl methyl sites for hydroxylation is 1. The highest BCUT2D eigenvalue weighted by Gasteiger charge is 2.22. The molecule has 2 rings (SSSR count). The second-order valence-electron chi connectivity index (χ2n) is 4.01. The fourth-order valence-electron chi connectivity index (χ4n) is 1.91. The summed E-state index contributed by atoms with van der Waals surface area (Å²) >= 11 is 2.03. The number of hydrogen-bond acceptors (Lipinski definition) is 3. The zero-order valence-electron chi connectivity index (χ0n) is 8.52. The summed E-state index contributed by atoms with van der Waals surface area (Å²) < 4.78 is 1.84. The van der Waals surface area contributed by atoms with Crippen molar-refractivity contribution in [2.24, 2.45) is 18.7 Å². The molecule has 0 aliphatic carbocycles. The average Bonchev–Trinajstić information content (AvgIpc) is 2.75. The van der Waals surface area contributed by atoms with Crippen LogP contribution in [0, 0.1) is 5.92 Å². The minimum Gasteiger partial charge on any atom is -0.327 e. The van der Waals surface area contributed by atoms with E-state index in [1.54, 1.807) is 0 Å². The predicted molar refractivity (Wildman–Crippen MR) is 60.3 cm³/mol. The Bertz CT molecular complexity index is 291. The van der Waals surface area contributed by atoms with E-state index in [9.17, 15) is 0 Å². The molecule has 2 heterocycles. The molecule has 0 saturated carbocycles. The van der Waals surface area contributed by atoms with Gasteiger partial charge in [0.25, 0.3) is 0 Å². The van der Waals surface area contributed by atoms with Crippen molar-refractivity contribution in [3.8, 4) is 0 Å². The molecule has 14 heavy (non-hydrogen) atoms. The molecule has 2 unspecified atom stereocenters. The van der Waals surface area contributed by atoms with E-state index >= 15 is 0 Å². The molecule has 0 aromatic carbocycles. The Hall–Kier alpha value is -0.480. The molecule has 1 fully saturated rings. The number of thioether (sulfide) groups is 1. The number of nitrogens with zero attached hydrogens (tertiary/aromatic N) is 2. The van der Waals surface area contributed by atoms with Gasteiger partial charge in [-0.15, -0.1) is 0 Å². The third kappa shape index (κ3) is 2.30. The van der Waals surface area contributed by atoms with Gasteiger partial charge in [-0.05, 0) is 35.8 Å². The summed E-state index contributed by atoms with van der Waals surface area (Å²) in [6.07, 6.45) is 6.23. The van der Waals surface area contributed by atoms with Crippen molar-refractivity contribution in [1.29, 1.82) is 0 Å². The maximum Gasteiger partial charge on any atom is 0.0522 e. The van der Waals surface area contributed by atoms with Gasteiger partial charge in [0.05, 0.1) is 6.20 Å². The van der Waals surface area contributed by atoms with Crippen LogP contribution in [0.15, 0.2) is 12.4 Å². The Labute approximate surface area is 89.1 Å². The first kappa shape index (κ1) is 10.1. The number of rotatable bonds is 3. The molecular formula is C10H17N3S. The second kappa shape index (κ2) is 4.36. The zero-order valence-corrected chi connectivity index (χ0v) is 9.33. The highest BCUT2D eigenvalue weighted by atomic mass is 32.2. The third-order valence-electron chi connectivity index (χ3n) is 2.80. The van der Waals surface area contributed by atoms with Crippen LogP contribution in [0.4, 0.5) is 0 Å². The van der Waals surface area contributed by atoms with Gasteiger partial charge in [0.1, 0.15) is 0 Å². The van der Waals surface area contributed by atoms with Crippen molar-refractivity contribution in [2.75, 3.05) is 11.5 Å². The van der Waals surface area contributed by atoms with E-state index < -0.39 is 0 Å². The third-order valence-corrected chi connectivity index (χ3v) is 3.99. The maximum absolute atomic E-state index is 6.17. The van der Waals surface area contributed by atoms with Crippen LogP contribution in [-0.2, 0) is 13.5 Å². The van der Waals surface area contributed by atoms with E-state index in [0.717, 1.165) is 6.42 Å². The normalized spacial score (nSPS) is 24.0. The van der Waals surface area contributed by atoms with E-state index in [4.69, 9.17) is 5.73 Å². The second-order valence-corrected chi connectivity index (χ2v) is 5.16. The molecule has 1 aromatic heterocycles. The van der Waals surface area contributed by atoms with Crippen LogP contribution in [0.25, 0.3) is 0 Å². The van der Waals surface area contributed by atoms with Crippen molar-refractivity contribution in [3.05, 3.63) is 18.0 Å². The molecule has 0 bridgehead atoms. The molecule has 1 aliphatic rings. The first-order valence-corrected chi connectivity index (χ1v) is 6.22. The molecule has 3 nitrogen and oxygen atoms in total. The van der Waals surface area contributed by atoms with Gasteiger partial charge in [-0.1, -0.05) is 0 Å². The Morgan fingerprint density at radius 1 is 1.79 bits per heavy atom. The fraction of sp³-hybridized carbons (Fsp3) is 0.700. The van der Waals surface area contributed by atoms with Crippen LogP contribution >= 0.6 is 11.8 Å². The van der Waals surface area contributed by atoms with Crippen LogP contribution in [0.3, 0.4) is 0 Å². The molecule has 0 spiro atoms. The smallest absolute Gasteiger partial charge is 0.0522 e. The van der Waals surface area contributed by atoms with E-state index in [-0.39, 0.29) is 0 Å². The van der Waals surface area contributed by atoms with Crippen molar-refractivity contribution in [1.82, 2.24) is 9.78 Å². The van der Waals surface area contributed by atoms with Gasteiger partial charge in [-0.2, -0.15) is 16.9 Å². The average molecular weight is 211 g/mol. The van der Waals surface area contributed by atoms with Crippen molar-refractivity contribution >= 4 is 11.8 Å². The number of aromatic nitrogens is 2. The minimum absolute atomic E-state index is 0.314. The molecular weight excluding hydrogens is 194 g/mol. The van der Waals surface area contributed by atoms with Gasteiger partial charge in [0, 0.05) is 19.3 Å². The Morgan fingerprint density at radius 2 is 2.64 bits per heavy atom. The summed E-state index contributed by atoms with van der Waals surface area (Å²) in [6, 6.07) is 0.314. The molecule has 0 amide bonds. The summed E-state index contributed by atoms with van der Waals surface area (Å²) in [6.45, 7) is 0. The van der Waals surface area contributed by atoms with Crippen LogP contribution in [0.5, 0.6) is 0 Å². The van der Waals surface area contributed by atoms with E-state index in [1.165, 1.54) is 23.5 Å². The molecule has 1 aromatic rings. The van der Waals surface area contributed by atoms with Crippen LogP contribution in [0.1, 0.15) is 12.0 Å². The van der Waals surface area contributed by atoms with Gasteiger partial charge in [-0.25, -0.2) is 0 Å². The van der Waals surface area contributed by atoms with Gasteiger partial charge >= 0.3 is 0 Å². The number of nitrogens with two attached hydrogens (primary N) is 1. The molecule has 1 aliphatic heterocycles. The maximum atomic E-state index is 6.17. The predicted octanol–water partition coefficient (Wildman–Crippen LogP) is 1.04. The SMILES string of the molecule is Cn1cc(CC(N)C2CCSC2)cn1. The lowest BCUT2D eigenvalue weighted by Crippen LogP contribution is -2.32. The molecule has 2 N–H and O–H groups in total. The fourth-order valence-corrected chi connectivity index (χ4v) is 3.26. The van der Waals surface area contributed by atoms with Crippen molar-refractivity contribution < 1.29 is 0 Å². The van der Waals surface area contributed by atoms with Crippen LogP contribution in [0.2, 0.25) is 0 Å². The van der Waals surface area contributed by atoms with Gasteiger partial charge in [0.15, 0.2) is 0 Å². The highest BCUT2D eigenvalue weighted by Crippen LogP contribution is 2.26. The van der Waals surface area contributed by atoms with Crippen LogP contribution < -0.4 is 5.73 Å². The Balaban J connectivity index is 1.90. The highest BCUT2D eigenvalue weighted by molar-refractivity contribution is 7.99. The molecule has 0 radical (unpaired) electrons. The number of hydrogen-bond donors (Lipinski definition) is 1. The summed E-state index contributed by atoms with van der Waals surface area (Å²) in [5.74, 6) is 3.23. The van der Waals surface area contributed by atoms with Crippen LogP contribution in [-0.4, -0.2) is 27.3 Å². The minimum atomic E-state index is 0.314. The molecule has 4 heteroatoms. The lowest BCUT2D eigenvalue weighted by atomic mass is 9.95. The quantitative estimate of drug-likeness (QED) is 0.812. The van der Waals surface area contributed by atoms with Gasteiger partial charge in [-0.3, -0.25) is 4.68 Å². The Morgan fingerprint density at radius 3 is 3.21 bits per heavy atom. The Kier molecular flexibility index (Phi) is 3.13. The largest absolute Gasteiger partial charge is 0.327 e. The summed E-state index contributed by atoms with van der Waals surface area (Å²) in [4.78, 5) is 0. The molecule has 2 atom stereocenters. The monoisotopic (exact) mass is 211 g/mol. The first-order chi connectivity index (χ1) is 6.75. The zero-order chi connectivity index (χ0) is 9.97. The lowest BCUT2D eigenvalue weighted by Gasteiger charge is -2.16. The topological polar surface area (TPSA) is 43.8 Å². The summed E-state index contributed by atoms with van der Waals surface area (Å²) in [5.41, 5.74) is 7.43. The van der Waals surface area contributed by atoms with Gasteiger partial charge < -0.3 is 5.73 Å². The lowest BCUT2D eigenvalue weighted by molar-refractivity contribution is 0.462. The molecule has 1 saturated heterocycles. The van der Waals surface area contributed by atoms with E-state index in [1.807, 2.05) is 29.7 Å². The van der Waals surface area contributed by atoms with Gasteiger partial charge in [0.2, 0.25) is 0 Å². The first-order valence-electron chi connectivity index (χ1n) is 5.06. The standard InChI is InChI=1S/C10H17N3S/c1-13-6-8(5-12-13)4-10(11)9-2-3-14-7-9/h5-6,9-10H,2-4,7,11H2,1H3. The van der Waals surface area contributed by atoms with E-state index in [0.29, 0.717) is 12.0 Å². The summed E-state index contributed by atoms with van der Waals surface area (Å²) in [5, 5.41) is 4.15. The van der Waals surface area contributed by atoms with Crippen molar-refractivity contribution in [2.45, 2.75) is 18.9 Å².